The highest BCUT2D eigenvalue weighted by Crippen LogP contribution is 2.27. The van der Waals surface area contributed by atoms with Crippen LogP contribution in [0.2, 0.25) is 0 Å². The van der Waals surface area contributed by atoms with E-state index in [0.29, 0.717) is 12.0 Å². The van der Waals surface area contributed by atoms with Crippen molar-refractivity contribution in [3.8, 4) is 5.69 Å². The second-order valence-electron chi connectivity index (χ2n) is 4.53. The number of rotatable bonds is 2. The second kappa shape index (κ2) is 4.30. The first-order valence-corrected chi connectivity index (χ1v) is 6.05. The van der Waals surface area contributed by atoms with E-state index in [9.17, 15) is 0 Å². The Balaban J connectivity index is 2.00. The van der Waals surface area contributed by atoms with E-state index >= 15 is 0 Å². The lowest BCUT2D eigenvalue weighted by atomic mass is 10.0. The highest BCUT2D eigenvalue weighted by Gasteiger charge is 2.28. The van der Waals surface area contributed by atoms with Gasteiger partial charge in [0.1, 0.15) is 12.2 Å². The number of hydrogen-bond donors (Lipinski definition) is 1. The zero-order valence-corrected chi connectivity index (χ0v) is 9.87. The Bertz CT molecular complexity index is 491. The Kier molecular flexibility index (Phi) is 2.65. The minimum Gasteiger partial charge on any atom is -0.314 e. The van der Waals surface area contributed by atoms with Gasteiger partial charge in [0.25, 0.3) is 0 Å². The van der Waals surface area contributed by atoms with Crippen LogP contribution in [0.15, 0.2) is 36.7 Å². The van der Waals surface area contributed by atoms with Gasteiger partial charge in [0.05, 0.1) is 0 Å². The summed E-state index contributed by atoms with van der Waals surface area (Å²) >= 11 is 0. The Hall–Kier alpha value is -1.68. The Labute approximate surface area is 101 Å². The SMILES string of the molecule is CC1NCCC1c1nncn1-c1ccccc1. The Morgan fingerprint density at radius 3 is 2.82 bits per heavy atom. The summed E-state index contributed by atoms with van der Waals surface area (Å²) in [6.45, 7) is 3.27. The fourth-order valence-electron chi connectivity index (χ4n) is 2.50. The van der Waals surface area contributed by atoms with Crippen molar-refractivity contribution in [2.45, 2.75) is 25.3 Å². The molecule has 0 bridgehead atoms. The van der Waals surface area contributed by atoms with Gasteiger partial charge in [-0.2, -0.15) is 0 Å². The molecule has 1 fully saturated rings. The van der Waals surface area contributed by atoms with Crippen LogP contribution in [0.1, 0.15) is 25.1 Å². The Morgan fingerprint density at radius 1 is 1.29 bits per heavy atom. The fraction of sp³-hybridized carbons (Fsp3) is 0.385. The molecule has 1 aromatic heterocycles. The average Bonchev–Trinajstić information content (AvgIpc) is 2.98. The first-order valence-electron chi connectivity index (χ1n) is 6.05. The molecular weight excluding hydrogens is 212 g/mol. The first kappa shape index (κ1) is 10.5. The molecule has 0 amide bonds. The number of benzene rings is 1. The third kappa shape index (κ3) is 1.85. The van der Waals surface area contributed by atoms with Crippen molar-refractivity contribution in [2.75, 3.05) is 6.54 Å². The van der Waals surface area contributed by atoms with Crippen LogP contribution in [-0.2, 0) is 0 Å². The van der Waals surface area contributed by atoms with E-state index in [1.54, 1.807) is 6.33 Å². The van der Waals surface area contributed by atoms with E-state index in [-0.39, 0.29) is 0 Å². The lowest BCUT2D eigenvalue weighted by Crippen LogP contribution is -2.23. The maximum Gasteiger partial charge on any atom is 0.142 e. The molecule has 2 aromatic rings. The molecule has 3 rings (SSSR count). The van der Waals surface area contributed by atoms with E-state index < -0.39 is 0 Å². The van der Waals surface area contributed by atoms with Gasteiger partial charge >= 0.3 is 0 Å². The summed E-state index contributed by atoms with van der Waals surface area (Å²) < 4.78 is 2.09. The molecular formula is C13H16N4. The molecule has 88 valence electrons. The van der Waals surface area contributed by atoms with E-state index in [1.807, 2.05) is 18.2 Å². The van der Waals surface area contributed by atoms with Crippen LogP contribution in [0, 0.1) is 0 Å². The third-order valence-electron chi connectivity index (χ3n) is 3.47. The van der Waals surface area contributed by atoms with Gasteiger partial charge in [-0.05, 0) is 32.0 Å². The zero-order valence-electron chi connectivity index (χ0n) is 9.87. The average molecular weight is 228 g/mol. The standard InChI is InChI=1S/C13H16N4/c1-10-12(7-8-14-10)13-16-15-9-17(13)11-5-3-2-4-6-11/h2-6,9-10,12,14H,7-8H2,1H3. The van der Waals surface area contributed by atoms with Crippen molar-refractivity contribution in [3.05, 3.63) is 42.5 Å². The lowest BCUT2D eigenvalue weighted by molar-refractivity contribution is 0.559. The molecule has 4 nitrogen and oxygen atoms in total. The van der Waals surface area contributed by atoms with Crippen LogP contribution in [0.4, 0.5) is 0 Å². The number of hydrogen-bond acceptors (Lipinski definition) is 3. The van der Waals surface area contributed by atoms with E-state index in [1.165, 1.54) is 0 Å². The molecule has 2 unspecified atom stereocenters. The van der Waals surface area contributed by atoms with Gasteiger partial charge in [0.2, 0.25) is 0 Å². The minimum atomic E-state index is 0.456. The predicted octanol–water partition coefficient (Wildman–Crippen LogP) is 1.73. The number of nitrogens with one attached hydrogen (secondary N) is 1. The van der Waals surface area contributed by atoms with Gasteiger partial charge in [-0.3, -0.25) is 4.57 Å². The molecule has 0 spiro atoms. The smallest absolute Gasteiger partial charge is 0.142 e. The molecule has 1 aromatic carbocycles. The molecule has 0 radical (unpaired) electrons. The molecule has 1 aliphatic rings. The van der Waals surface area contributed by atoms with Crippen molar-refractivity contribution < 1.29 is 0 Å². The summed E-state index contributed by atoms with van der Waals surface area (Å²) in [7, 11) is 0. The highest BCUT2D eigenvalue weighted by atomic mass is 15.3. The van der Waals surface area contributed by atoms with E-state index in [0.717, 1.165) is 24.5 Å². The number of nitrogens with zero attached hydrogens (tertiary/aromatic N) is 3. The van der Waals surface area contributed by atoms with Gasteiger partial charge in [0.15, 0.2) is 0 Å². The number of para-hydroxylation sites is 1. The van der Waals surface area contributed by atoms with Gasteiger partial charge in [-0.1, -0.05) is 18.2 Å². The van der Waals surface area contributed by atoms with Crippen LogP contribution in [-0.4, -0.2) is 27.4 Å². The van der Waals surface area contributed by atoms with Gasteiger partial charge in [-0.15, -0.1) is 10.2 Å². The summed E-state index contributed by atoms with van der Waals surface area (Å²) in [5, 5.41) is 11.8. The zero-order chi connectivity index (χ0) is 11.7. The topological polar surface area (TPSA) is 42.7 Å². The molecule has 1 aliphatic heterocycles. The highest BCUT2D eigenvalue weighted by molar-refractivity contribution is 5.33. The van der Waals surface area contributed by atoms with Gasteiger partial charge in [0, 0.05) is 17.6 Å². The van der Waals surface area contributed by atoms with Crippen LogP contribution < -0.4 is 5.32 Å². The summed E-state index contributed by atoms with van der Waals surface area (Å²) in [6, 6.07) is 10.7. The molecule has 2 atom stereocenters. The third-order valence-corrected chi connectivity index (χ3v) is 3.47. The molecule has 0 aliphatic carbocycles. The van der Waals surface area contributed by atoms with E-state index in [2.05, 4.69) is 39.1 Å². The number of aromatic nitrogens is 3. The molecule has 1 N–H and O–H groups in total. The Morgan fingerprint density at radius 2 is 2.12 bits per heavy atom. The van der Waals surface area contributed by atoms with Crippen LogP contribution in [0.5, 0.6) is 0 Å². The van der Waals surface area contributed by atoms with Crippen LogP contribution >= 0.6 is 0 Å². The summed E-state index contributed by atoms with van der Waals surface area (Å²) in [5.74, 6) is 1.52. The summed E-state index contributed by atoms with van der Waals surface area (Å²) in [6.07, 6.45) is 2.93. The molecule has 17 heavy (non-hydrogen) atoms. The van der Waals surface area contributed by atoms with Crippen molar-refractivity contribution >= 4 is 0 Å². The second-order valence-corrected chi connectivity index (χ2v) is 4.53. The van der Waals surface area contributed by atoms with Crippen molar-refractivity contribution in [1.29, 1.82) is 0 Å². The van der Waals surface area contributed by atoms with Crippen LogP contribution in [0.25, 0.3) is 5.69 Å². The summed E-state index contributed by atoms with van der Waals surface area (Å²) in [5.41, 5.74) is 1.13. The molecule has 4 heteroatoms. The predicted molar refractivity (Wildman–Crippen MR) is 66.2 cm³/mol. The normalized spacial score (nSPS) is 24.1. The van der Waals surface area contributed by atoms with E-state index in [4.69, 9.17) is 0 Å². The summed E-state index contributed by atoms with van der Waals surface area (Å²) in [4.78, 5) is 0. The largest absolute Gasteiger partial charge is 0.314 e. The molecule has 0 saturated carbocycles. The molecule has 2 heterocycles. The lowest BCUT2D eigenvalue weighted by Gasteiger charge is -2.15. The monoisotopic (exact) mass is 228 g/mol. The van der Waals surface area contributed by atoms with Crippen molar-refractivity contribution in [1.82, 2.24) is 20.1 Å². The van der Waals surface area contributed by atoms with Gasteiger partial charge < -0.3 is 5.32 Å². The fourth-order valence-corrected chi connectivity index (χ4v) is 2.50. The maximum absolute atomic E-state index is 4.30. The first-order chi connectivity index (χ1) is 8.36. The quantitative estimate of drug-likeness (QED) is 0.851. The van der Waals surface area contributed by atoms with Crippen molar-refractivity contribution in [2.24, 2.45) is 0 Å². The minimum absolute atomic E-state index is 0.456. The molecule has 1 saturated heterocycles. The van der Waals surface area contributed by atoms with Crippen LogP contribution in [0.3, 0.4) is 0 Å². The van der Waals surface area contributed by atoms with Gasteiger partial charge in [-0.25, -0.2) is 0 Å². The van der Waals surface area contributed by atoms with Crippen molar-refractivity contribution in [3.63, 3.8) is 0 Å². The maximum atomic E-state index is 4.30.